The maximum atomic E-state index is 12.2. The lowest BCUT2D eigenvalue weighted by atomic mass is 10.1. The third kappa shape index (κ3) is 4.05. The first-order valence-corrected chi connectivity index (χ1v) is 7.70. The molecule has 3 rings (SSSR count). The number of Topliss-reactive ketones (excluding diaryl/α,β-unsaturated/α-hetero) is 1. The van der Waals surface area contributed by atoms with Gasteiger partial charge in [-0.1, -0.05) is 29.8 Å². The second-order valence-corrected chi connectivity index (χ2v) is 5.87. The molecule has 5 heteroatoms. The first kappa shape index (κ1) is 15.4. The molecular weight excluding hydrogens is 310 g/mol. The molecule has 2 heterocycles. The van der Waals surface area contributed by atoms with Gasteiger partial charge in [-0.3, -0.25) is 9.78 Å². The molecule has 3 aromatic rings. The van der Waals surface area contributed by atoms with Gasteiger partial charge in [0, 0.05) is 23.5 Å². The Balaban J connectivity index is 1.68. The Labute approximate surface area is 139 Å². The van der Waals surface area contributed by atoms with Gasteiger partial charge in [0.05, 0.1) is 18.4 Å². The molecule has 0 aliphatic heterocycles. The number of imidazole rings is 1. The van der Waals surface area contributed by atoms with Gasteiger partial charge in [-0.2, -0.15) is 0 Å². The van der Waals surface area contributed by atoms with Crippen molar-refractivity contribution >= 4 is 17.4 Å². The van der Waals surface area contributed by atoms with Crippen molar-refractivity contribution < 1.29 is 4.79 Å². The van der Waals surface area contributed by atoms with E-state index in [9.17, 15) is 4.79 Å². The van der Waals surface area contributed by atoms with Gasteiger partial charge in [-0.15, -0.1) is 0 Å². The molecule has 0 spiro atoms. The van der Waals surface area contributed by atoms with Gasteiger partial charge < -0.3 is 4.57 Å². The molecule has 0 aliphatic carbocycles. The first-order valence-electron chi connectivity index (χ1n) is 7.32. The van der Waals surface area contributed by atoms with Crippen LogP contribution in [0.4, 0.5) is 0 Å². The van der Waals surface area contributed by atoms with Crippen LogP contribution in [0.25, 0.3) is 0 Å². The highest BCUT2D eigenvalue weighted by Crippen LogP contribution is 2.12. The standard InChI is InChI=1S/C18H16ClN3O/c1-13-4-2-7-17(21-13)18(23)9-16-11-22(12-20-16)10-14-5-3-6-15(19)8-14/h2-8,11-12H,9-10H2,1H3. The smallest absolute Gasteiger partial charge is 0.187 e. The Hall–Kier alpha value is -2.46. The van der Waals surface area contributed by atoms with E-state index in [2.05, 4.69) is 9.97 Å². The van der Waals surface area contributed by atoms with E-state index in [0.29, 0.717) is 17.3 Å². The number of carbonyl (C=O) groups excluding carboxylic acids is 1. The Morgan fingerprint density at radius 3 is 2.83 bits per heavy atom. The highest BCUT2D eigenvalue weighted by Gasteiger charge is 2.11. The second-order valence-electron chi connectivity index (χ2n) is 5.43. The van der Waals surface area contributed by atoms with Gasteiger partial charge in [-0.05, 0) is 36.8 Å². The number of hydrogen-bond acceptors (Lipinski definition) is 3. The zero-order valence-corrected chi connectivity index (χ0v) is 13.5. The van der Waals surface area contributed by atoms with E-state index in [0.717, 1.165) is 17.0 Å². The molecule has 0 unspecified atom stereocenters. The Bertz CT molecular complexity index is 842. The largest absolute Gasteiger partial charge is 0.333 e. The summed E-state index contributed by atoms with van der Waals surface area (Å²) in [5, 5.41) is 0.712. The van der Waals surface area contributed by atoms with Crippen LogP contribution >= 0.6 is 11.6 Å². The SMILES string of the molecule is Cc1cccc(C(=O)Cc2cn(Cc3cccc(Cl)c3)cn2)n1. The minimum atomic E-state index is -0.0262. The molecule has 1 aromatic carbocycles. The van der Waals surface area contributed by atoms with Gasteiger partial charge >= 0.3 is 0 Å². The fourth-order valence-corrected chi connectivity index (χ4v) is 2.60. The number of carbonyl (C=O) groups is 1. The van der Waals surface area contributed by atoms with Crippen LogP contribution in [0, 0.1) is 6.92 Å². The van der Waals surface area contributed by atoms with Crippen LogP contribution in [-0.2, 0) is 13.0 Å². The number of rotatable bonds is 5. The summed E-state index contributed by atoms with van der Waals surface area (Å²) < 4.78 is 1.94. The molecule has 4 nitrogen and oxygen atoms in total. The lowest BCUT2D eigenvalue weighted by Gasteiger charge is -2.02. The van der Waals surface area contributed by atoms with Crippen LogP contribution in [-0.4, -0.2) is 20.3 Å². The van der Waals surface area contributed by atoms with Crippen LogP contribution in [0.1, 0.15) is 27.4 Å². The number of nitrogens with zero attached hydrogens (tertiary/aromatic N) is 3. The quantitative estimate of drug-likeness (QED) is 0.672. The van der Waals surface area contributed by atoms with Crippen LogP contribution < -0.4 is 0 Å². The van der Waals surface area contributed by atoms with Crippen LogP contribution in [0.15, 0.2) is 55.0 Å². The van der Waals surface area contributed by atoms with Gasteiger partial charge in [0.25, 0.3) is 0 Å². The molecular formula is C18H16ClN3O. The molecule has 0 saturated carbocycles. The normalized spacial score (nSPS) is 10.7. The highest BCUT2D eigenvalue weighted by molar-refractivity contribution is 6.30. The fourth-order valence-electron chi connectivity index (χ4n) is 2.38. The number of ketones is 1. The summed E-state index contributed by atoms with van der Waals surface area (Å²) in [6, 6.07) is 13.1. The minimum absolute atomic E-state index is 0.0262. The Morgan fingerprint density at radius 2 is 2.04 bits per heavy atom. The average Bonchev–Trinajstić information content (AvgIpc) is 2.94. The van der Waals surface area contributed by atoms with Crippen molar-refractivity contribution in [2.24, 2.45) is 0 Å². The zero-order valence-electron chi connectivity index (χ0n) is 12.7. The summed E-state index contributed by atoms with van der Waals surface area (Å²) in [4.78, 5) is 20.8. The lowest BCUT2D eigenvalue weighted by Crippen LogP contribution is -2.06. The summed E-state index contributed by atoms with van der Waals surface area (Å²) in [5.41, 5.74) is 3.14. The molecule has 0 fully saturated rings. The van der Waals surface area contributed by atoms with Crippen LogP contribution in [0.2, 0.25) is 5.02 Å². The predicted octanol–water partition coefficient (Wildman–Crippen LogP) is 3.71. The Kier molecular flexibility index (Phi) is 4.53. The van der Waals surface area contributed by atoms with Gasteiger partial charge in [0.2, 0.25) is 0 Å². The summed E-state index contributed by atoms with van der Waals surface area (Å²) >= 11 is 5.99. The van der Waals surface area contributed by atoms with Crippen molar-refractivity contribution in [3.05, 3.63) is 82.7 Å². The number of aromatic nitrogens is 3. The predicted molar refractivity (Wildman–Crippen MR) is 89.8 cm³/mol. The van der Waals surface area contributed by atoms with Crippen molar-refractivity contribution in [2.45, 2.75) is 19.9 Å². The summed E-state index contributed by atoms with van der Waals surface area (Å²) in [6.07, 6.45) is 3.86. The topological polar surface area (TPSA) is 47.8 Å². The fraction of sp³-hybridized carbons (Fsp3) is 0.167. The average molecular weight is 326 g/mol. The molecule has 0 saturated heterocycles. The third-order valence-electron chi connectivity index (χ3n) is 3.46. The monoisotopic (exact) mass is 325 g/mol. The van der Waals surface area contributed by atoms with Crippen molar-refractivity contribution in [1.29, 1.82) is 0 Å². The van der Waals surface area contributed by atoms with Crippen molar-refractivity contribution in [3.8, 4) is 0 Å². The lowest BCUT2D eigenvalue weighted by molar-refractivity contribution is 0.0987. The summed E-state index contributed by atoms with van der Waals surface area (Å²) in [7, 11) is 0. The van der Waals surface area contributed by atoms with Crippen LogP contribution in [0.5, 0.6) is 0 Å². The minimum Gasteiger partial charge on any atom is -0.333 e. The van der Waals surface area contributed by atoms with Crippen molar-refractivity contribution in [1.82, 2.24) is 14.5 Å². The van der Waals surface area contributed by atoms with E-state index in [-0.39, 0.29) is 12.2 Å². The first-order chi connectivity index (χ1) is 11.1. The Morgan fingerprint density at radius 1 is 1.22 bits per heavy atom. The molecule has 2 aromatic heterocycles. The number of halogens is 1. The maximum absolute atomic E-state index is 12.2. The van der Waals surface area contributed by atoms with Crippen molar-refractivity contribution in [2.75, 3.05) is 0 Å². The molecule has 116 valence electrons. The summed E-state index contributed by atoms with van der Waals surface area (Å²) in [6.45, 7) is 2.54. The van der Waals surface area contributed by atoms with E-state index in [1.165, 1.54) is 0 Å². The highest BCUT2D eigenvalue weighted by atomic mass is 35.5. The maximum Gasteiger partial charge on any atom is 0.187 e. The molecule has 0 bridgehead atoms. The van der Waals surface area contributed by atoms with E-state index in [1.807, 2.05) is 54.1 Å². The molecule has 0 amide bonds. The second kappa shape index (κ2) is 6.75. The van der Waals surface area contributed by atoms with Gasteiger partial charge in [-0.25, -0.2) is 4.98 Å². The van der Waals surface area contributed by atoms with Crippen LogP contribution in [0.3, 0.4) is 0 Å². The molecule has 0 atom stereocenters. The van der Waals surface area contributed by atoms with E-state index in [4.69, 9.17) is 11.6 Å². The number of hydrogen-bond donors (Lipinski definition) is 0. The number of pyridine rings is 1. The van der Waals surface area contributed by atoms with E-state index < -0.39 is 0 Å². The number of aryl methyl sites for hydroxylation is 1. The summed E-state index contributed by atoms with van der Waals surface area (Å²) in [5.74, 6) is -0.0262. The van der Waals surface area contributed by atoms with E-state index in [1.54, 1.807) is 12.4 Å². The molecule has 0 N–H and O–H groups in total. The van der Waals surface area contributed by atoms with Gasteiger partial charge in [0.1, 0.15) is 5.69 Å². The third-order valence-corrected chi connectivity index (χ3v) is 3.69. The molecule has 0 radical (unpaired) electrons. The number of benzene rings is 1. The zero-order chi connectivity index (χ0) is 16.2. The van der Waals surface area contributed by atoms with Crippen molar-refractivity contribution in [3.63, 3.8) is 0 Å². The molecule has 0 aliphatic rings. The van der Waals surface area contributed by atoms with Gasteiger partial charge in [0.15, 0.2) is 5.78 Å². The molecule has 23 heavy (non-hydrogen) atoms. The van der Waals surface area contributed by atoms with E-state index >= 15 is 0 Å².